The number of likely N-dealkylation sites (N-methyl/N-ethyl adjacent to an activating group) is 1. The number of anilines is 1. The lowest BCUT2D eigenvalue weighted by molar-refractivity contribution is -0.118. The van der Waals surface area contributed by atoms with E-state index in [1.54, 1.807) is 11.3 Å². The van der Waals surface area contributed by atoms with Gasteiger partial charge in [0.05, 0.1) is 16.6 Å². The second-order valence-corrected chi connectivity index (χ2v) is 9.29. The van der Waals surface area contributed by atoms with Crippen LogP contribution in [0.4, 0.5) is 5.13 Å². The summed E-state index contributed by atoms with van der Waals surface area (Å²) in [6, 6.07) is 10.7. The highest BCUT2D eigenvalue weighted by Crippen LogP contribution is 2.30. The number of benzene rings is 2. The predicted octanol–water partition coefficient (Wildman–Crippen LogP) is 5.70. The second kappa shape index (κ2) is 10.4. The normalized spacial score (nSPS) is 11.5. The van der Waals surface area contributed by atoms with Crippen molar-refractivity contribution in [2.45, 2.75) is 54.4 Å². The summed E-state index contributed by atoms with van der Waals surface area (Å²) in [4.78, 5) is 22.7. The molecule has 3 rings (SSSR count). The molecule has 0 radical (unpaired) electrons. The van der Waals surface area contributed by atoms with Gasteiger partial charge in [-0.25, -0.2) is 4.98 Å². The van der Waals surface area contributed by atoms with Gasteiger partial charge in [0, 0.05) is 13.1 Å². The molecule has 5 heteroatoms. The van der Waals surface area contributed by atoms with E-state index in [4.69, 9.17) is 4.98 Å². The summed E-state index contributed by atoms with van der Waals surface area (Å²) in [6.07, 6.45) is 1.41. The molecule has 31 heavy (non-hydrogen) atoms. The third-order valence-corrected chi connectivity index (χ3v) is 7.13. The Hall–Kier alpha value is -2.24. The largest absolute Gasteiger partial charge is 0.302 e. The highest BCUT2D eigenvalue weighted by atomic mass is 32.1. The van der Waals surface area contributed by atoms with Gasteiger partial charge < -0.3 is 4.90 Å². The molecule has 4 nitrogen and oxygen atoms in total. The molecule has 1 aromatic heterocycles. The van der Waals surface area contributed by atoms with E-state index in [1.807, 2.05) is 4.90 Å². The quantitative estimate of drug-likeness (QED) is 0.431. The molecule has 0 unspecified atom stereocenters. The number of hydrogen-bond acceptors (Lipinski definition) is 4. The molecule has 1 amide bonds. The molecular weight excluding hydrogens is 402 g/mol. The number of carbonyl (C=O) groups is 1. The zero-order chi connectivity index (χ0) is 22.5. The average Bonchev–Trinajstić information content (AvgIpc) is 3.16. The molecule has 0 fully saturated rings. The molecule has 1 heterocycles. The Morgan fingerprint density at radius 3 is 2.26 bits per heavy atom. The van der Waals surface area contributed by atoms with Crippen LogP contribution in [0.5, 0.6) is 0 Å². The Morgan fingerprint density at radius 1 is 0.968 bits per heavy atom. The van der Waals surface area contributed by atoms with Crippen LogP contribution in [-0.2, 0) is 17.6 Å². The van der Waals surface area contributed by atoms with Gasteiger partial charge in [0.1, 0.15) is 0 Å². The van der Waals surface area contributed by atoms with E-state index in [0.29, 0.717) is 13.0 Å². The third kappa shape index (κ3) is 5.52. The van der Waals surface area contributed by atoms with Gasteiger partial charge in [-0.3, -0.25) is 9.69 Å². The number of thiazole rings is 1. The van der Waals surface area contributed by atoms with E-state index < -0.39 is 0 Å². The maximum Gasteiger partial charge on any atom is 0.233 e. The minimum atomic E-state index is 0.122. The fraction of sp³-hybridized carbons (Fsp3) is 0.462. The van der Waals surface area contributed by atoms with Gasteiger partial charge in [-0.2, -0.15) is 0 Å². The average molecular weight is 438 g/mol. The number of carbonyl (C=O) groups excluding carboxylic acids is 1. The number of aromatic nitrogens is 1. The lowest BCUT2D eigenvalue weighted by Gasteiger charge is -2.25. The number of hydrogen-bond donors (Lipinski definition) is 0. The summed E-state index contributed by atoms with van der Waals surface area (Å²) in [5.41, 5.74) is 7.02. The summed E-state index contributed by atoms with van der Waals surface area (Å²) >= 11 is 1.63. The molecule has 166 valence electrons. The molecule has 0 saturated carbocycles. The highest BCUT2D eigenvalue weighted by molar-refractivity contribution is 7.22. The molecule has 0 atom stereocenters. The highest BCUT2D eigenvalue weighted by Gasteiger charge is 2.22. The Labute approximate surface area is 190 Å². The van der Waals surface area contributed by atoms with Crippen molar-refractivity contribution >= 4 is 32.6 Å². The summed E-state index contributed by atoms with van der Waals surface area (Å²) < 4.78 is 1.15. The van der Waals surface area contributed by atoms with Crippen LogP contribution >= 0.6 is 11.3 Å². The Balaban J connectivity index is 1.93. The second-order valence-electron chi connectivity index (χ2n) is 8.28. The minimum absolute atomic E-state index is 0.122. The monoisotopic (exact) mass is 437 g/mol. The van der Waals surface area contributed by atoms with Crippen molar-refractivity contribution in [1.82, 2.24) is 9.88 Å². The van der Waals surface area contributed by atoms with Gasteiger partial charge in [0.15, 0.2) is 5.13 Å². The fourth-order valence-corrected chi connectivity index (χ4v) is 5.21. The summed E-state index contributed by atoms with van der Waals surface area (Å²) in [5.74, 6) is 0.122. The van der Waals surface area contributed by atoms with Gasteiger partial charge in [-0.05, 0) is 74.7 Å². The predicted molar refractivity (Wildman–Crippen MR) is 133 cm³/mol. The van der Waals surface area contributed by atoms with Gasteiger partial charge in [0.25, 0.3) is 0 Å². The van der Waals surface area contributed by atoms with Crippen molar-refractivity contribution in [1.29, 1.82) is 0 Å². The van der Waals surface area contributed by atoms with Gasteiger partial charge >= 0.3 is 0 Å². The van der Waals surface area contributed by atoms with Crippen LogP contribution in [0.15, 0.2) is 30.3 Å². The van der Waals surface area contributed by atoms with Crippen molar-refractivity contribution in [2.75, 3.05) is 31.1 Å². The van der Waals surface area contributed by atoms with Gasteiger partial charge in [-0.15, -0.1) is 0 Å². The molecule has 0 saturated heterocycles. The van der Waals surface area contributed by atoms with Gasteiger partial charge in [0.2, 0.25) is 5.91 Å². The van der Waals surface area contributed by atoms with E-state index in [9.17, 15) is 4.79 Å². The maximum absolute atomic E-state index is 13.6. The Kier molecular flexibility index (Phi) is 7.84. The molecule has 0 spiro atoms. The van der Waals surface area contributed by atoms with Crippen LogP contribution in [0.25, 0.3) is 10.2 Å². The zero-order valence-electron chi connectivity index (χ0n) is 19.8. The number of nitrogens with zero attached hydrogens (tertiary/aromatic N) is 3. The van der Waals surface area contributed by atoms with Crippen molar-refractivity contribution in [2.24, 2.45) is 0 Å². The van der Waals surface area contributed by atoms with Crippen LogP contribution in [0.2, 0.25) is 0 Å². The van der Waals surface area contributed by atoms with Crippen LogP contribution in [0, 0.1) is 20.8 Å². The first kappa shape index (κ1) is 23.4. The molecule has 0 N–H and O–H groups in total. The lowest BCUT2D eigenvalue weighted by Crippen LogP contribution is -2.39. The van der Waals surface area contributed by atoms with Crippen LogP contribution in [0.3, 0.4) is 0 Å². The van der Waals surface area contributed by atoms with Crippen molar-refractivity contribution in [3.05, 3.63) is 58.1 Å². The maximum atomic E-state index is 13.6. The summed E-state index contributed by atoms with van der Waals surface area (Å²) in [5, 5.41) is 0.808. The van der Waals surface area contributed by atoms with Crippen LogP contribution < -0.4 is 4.90 Å². The van der Waals surface area contributed by atoms with E-state index in [-0.39, 0.29) is 5.91 Å². The lowest BCUT2D eigenvalue weighted by atomic mass is 9.97. The van der Waals surface area contributed by atoms with Gasteiger partial charge in [-0.1, -0.05) is 55.9 Å². The standard InChI is InChI=1S/C26H35N3OS/c1-7-21-10-11-23-24(16-21)31-26(27-23)29(13-12-28(8-2)9-3)25(30)17-22-19(5)14-18(4)15-20(22)6/h10-11,14-16H,7-9,12-13,17H2,1-6H3. The molecular formula is C26H35N3OS. The number of fused-ring (bicyclic) bond motifs is 1. The minimum Gasteiger partial charge on any atom is -0.302 e. The fourth-order valence-electron chi connectivity index (χ4n) is 4.14. The Bertz CT molecular complexity index is 1030. The number of aryl methyl sites for hydroxylation is 4. The first-order chi connectivity index (χ1) is 14.9. The van der Waals surface area contributed by atoms with Crippen molar-refractivity contribution in [3.63, 3.8) is 0 Å². The molecule has 2 aromatic carbocycles. The van der Waals surface area contributed by atoms with E-state index in [0.717, 1.165) is 47.0 Å². The van der Waals surface area contributed by atoms with E-state index >= 15 is 0 Å². The molecule has 0 aliphatic carbocycles. The van der Waals surface area contributed by atoms with E-state index in [1.165, 1.54) is 22.3 Å². The number of rotatable bonds is 9. The molecule has 3 aromatic rings. The first-order valence-corrected chi connectivity index (χ1v) is 12.2. The topological polar surface area (TPSA) is 36.4 Å². The Morgan fingerprint density at radius 2 is 1.65 bits per heavy atom. The third-order valence-electron chi connectivity index (χ3n) is 6.08. The molecule has 0 aliphatic rings. The van der Waals surface area contributed by atoms with Crippen molar-refractivity contribution < 1.29 is 4.79 Å². The van der Waals surface area contributed by atoms with Crippen LogP contribution in [-0.4, -0.2) is 42.0 Å². The first-order valence-electron chi connectivity index (χ1n) is 11.3. The molecule has 0 bridgehead atoms. The summed E-state index contributed by atoms with van der Waals surface area (Å²) in [7, 11) is 0. The van der Waals surface area contributed by atoms with E-state index in [2.05, 4.69) is 76.8 Å². The molecule has 0 aliphatic heterocycles. The zero-order valence-corrected chi connectivity index (χ0v) is 20.6. The number of amides is 1. The SMILES string of the molecule is CCc1ccc2nc(N(CCN(CC)CC)C(=O)Cc3c(C)cc(C)cc3C)sc2c1. The van der Waals surface area contributed by atoms with Crippen molar-refractivity contribution in [3.8, 4) is 0 Å². The smallest absolute Gasteiger partial charge is 0.233 e. The van der Waals surface area contributed by atoms with Crippen LogP contribution in [0.1, 0.15) is 48.6 Å². The summed E-state index contributed by atoms with van der Waals surface area (Å²) in [6.45, 7) is 16.3.